The molecule has 0 saturated heterocycles. The fourth-order valence-electron chi connectivity index (χ4n) is 2.23. The predicted molar refractivity (Wildman–Crippen MR) is 91.4 cm³/mol. The molecule has 3 rings (SSSR count). The fraction of sp³-hybridized carbons (Fsp3) is 0.278. The van der Waals surface area contributed by atoms with Gasteiger partial charge in [-0.3, -0.25) is 4.79 Å². The van der Waals surface area contributed by atoms with Crippen LogP contribution in [0.1, 0.15) is 28.2 Å². The van der Waals surface area contributed by atoms with Crippen molar-refractivity contribution >= 4 is 5.91 Å². The molecule has 1 N–H and O–H groups in total. The molecule has 0 aliphatic heterocycles. The monoisotopic (exact) mass is 340 g/mol. The zero-order valence-corrected chi connectivity index (χ0v) is 14.0. The smallest absolute Gasteiger partial charge is 0.273 e. The number of hydrogen-bond donors (Lipinski definition) is 1. The molecule has 0 aliphatic carbocycles. The van der Waals surface area contributed by atoms with Crippen LogP contribution < -0.4 is 5.32 Å². The summed E-state index contributed by atoms with van der Waals surface area (Å²) in [6, 6.07) is 11.5. The molecule has 0 spiro atoms. The molecule has 1 aromatic carbocycles. The average molecular weight is 340 g/mol. The van der Waals surface area contributed by atoms with Gasteiger partial charge in [0.15, 0.2) is 5.69 Å². The summed E-state index contributed by atoms with van der Waals surface area (Å²) in [4.78, 5) is 12.1. The van der Waals surface area contributed by atoms with E-state index >= 15 is 0 Å². The van der Waals surface area contributed by atoms with Gasteiger partial charge in [0.2, 0.25) is 0 Å². The van der Waals surface area contributed by atoms with Crippen molar-refractivity contribution in [2.24, 2.45) is 0 Å². The Labute approximate surface area is 145 Å². The molecule has 0 saturated carbocycles. The number of nitrogens with one attached hydrogen (secondary N) is 1. The largest absolute Gasteiger partial charge is 0.467 e. The first-order chi connectivity index (χ1) is 12.2. The molecule has 0 aliphatic rings. The second kappa shape index (κ2) is 8.25. The topological polar surface area (TPSA) is 82.2 Å². The summed E-state index contributed by atoms with van der Waals surface area (Å²) in [5.41, 5.74) is 2.32. The molecule has 1 amide bonds. The third kappa shape index (κ3) is 4.77. The molecule has 0 unspecified atom stereocenters. The van der Waals surface area contributed by atoms with Gasteiger partial charge in [0, 0.05) is 13.2 Å². The quantitative estimate of drug-likeness (QED) is 0.637. The Morgan fingerprint density at radius 2 is 2.12 bits per heavy atom. The highest BCUT2D eigenvalue weighted by molar-refractivity contribution is 5.91. The van der Waals surface area contributed by atoms with E-state index in [4.69, 9.17) is 9.15 Å². The van der Waals surface area contributed by atoms with Crippen molar-refractivity contribution in [1.29, 1.82) is 0 Å². The van der Waals surface area contributed by atoms with Crippen LogP contribution in [0.4, 0.5) is 0 Å². The van der Waals surface area contributed by atoms with E-state index in [0.29, 0.717) is 26.2 Å². The van der Waals surface area contributed by atoms with Gasteiger partial charge in [-0.25, -0.2) is 4.68 Å². The van der Waals surface area contributed by atoms with E-state index < -0.39 is 0 Å². The van der Waals surface area contributed by atoms with E-state index in [1.807, 2.05) is 43.3 Å². The number of aryl methyl sites for hydroxylation is 1. The molecule has 7 heteroatoms. The maximum Gasteiger partial charge on any atom is 0.273 e. The second-order valence-corrected chi connectivity index (χ2v) is 5.63. The van der Waals surface area contributed by atoms with Gasteiger partial charge in [-0.1, -0.05) is 22.9 Å². The Kier molecular flexibility index (Phi) is 5.58. The maximum absolute atomic E-state index is 12.1. The zero-order valence-electron chi connectivity index (χ0n) is 14.0. The minimum atomic E-state index is -0.246. The first-order valence-electron chi connectivity index (χ1n) is 8.10. The molecule has 0 radical (unpaired) electrons. The lowest BCUT2D eigenvalue weighted by Gasteiger charge is -2.04. The van der Waals surface area contributed by atoms with E-state index in [1.165, 1.54) is 0 Å². The number of hydrogen-bond acceptors (Lipinski definition) is 5. The molecule has 0 atom stereocenters. The standard InChI is InChI=1S/C18H20N4O3/c1-14-5-7-15(8-6-14)22-12-17(20-21-22)18(23)19-9-3-10-24-13-16-4-2-11-25-16/h2,4-8,11-12H,3,9-10,13H2,1H3,(H,19,23). The maximum atomic E-state index is 12.1. The van der Waals surface area contributed by atoms with Crippen molar-refractivity contribution in [3.05, 3.63) is 65.9 Å². The van der Waals surface area contributed by atoms with Crippen molar-refractivity contribution in [2.45, 2.75) is 20.0 Å². The normalized spacial score (nSPS) is 10.8. The third-order valence-corrected chi connectivity index (χ3v) is 3.60. The Morgan fingerprint density at radius 1 is 1.28 bits per heavy atom. The van der Waals surface area contributed by atoms with Crippen LogP contribution in [-0.2, 0) is 11.3 Å². The summed E-state index contributed by atoms with van der Waals surface area (Å²) in [5.74, 6) is 0.543. The second-order valence-electron chi connectivity index (χ2n) is 5.63. The number of aromatic nitrogens is 3. The lowest BCUT2D eigenvalue weighted by Crippen LogP contribution is -2.25. The van der Waals surface area contributed by atoms with Crippen LogP contribution >= 0.6 is 0 Å². The zero-order chi connectivity index (χ0) is 17.5. The van der Waals surface area contributed by atoms with Gasteiger partial charge >= 0.3 is 0 Å². The van der Waals surface area contributed by atoms with E-state index in [0.717, 1.165) is 17.0 Å². The number of carbonyl (C=O) groups excluding carboxylic acids is 1. The van der Waals surface area contributed by atoms with Crippen molar-refractivity contribution < 1.29 is 13.9 Å². The van der Waals surface area contributed by atoms with Crippen LogP contribution in [0.15, 0.2) is 53.3 Å². The average Bonchev–Trinajstić information content (AvgIpc) is 3.30. The van der Waals surface area contributed by atoms with Gasteiger partial charge in [0.1, 0.15) is 12.4 Å². The lowest BCUT2D eigenvalue weighted by atomic mass is 10.2. The van der Waals surface area contributed by atoms with Crippen LogP contribution in [-0.4, -0.2) is 34.1 Å². The number of benzene rings is 1. The number of furan rings is 1. The Bertz CT molecular complexity index is 794. The summed E-state index contributed by atoms with van der Waals surface area (Å²) in [6.07, 6.45) is 3.94. The molecule has 0 fully saturated rings. The highest BCUT2D eigenvalue weighted by Crippen LogP contribution is 2.08. The van der Waals surface area contributed by atoms with Crippen molar-refractivity contribution in [3.63, 3.8) is 0 Å². The van der Waals surface area contributed by atoms with E-state index in [9.17, 15) is 4.79 Å². The first kappa shape index (κ1) is 16.9. The lowest BCUT2D eigenvalue weighted by molar-refractivity contribution is 0.0913. The molecule has 7 nitrogen and oxygen atoms in total. The molecule has 2 heterocycles. The Hall–Kier alpha value is -2.93. The summed E-state index contributed by atoms with van der Waals surface area (Å²) >= 11 is 0. The van der Waals surface area contributed by atoms with Gasteiger partial charge in [-0.15, -0.1) is 5.10 Å². The number of amides is 1. The highest BCUT2D eigenvalue weighted by Gasteiger charge is 2.10. The fourth-order valence-corrected chi connectivity index (χ4v) is 2.23. The summed E-state index contributed by atoms with van der Waals surface area (Å²) in [6.45, 7) is 3.50. The Morgan fingerprint density at radius 3 is 2.88 bits per heavy atom. The van der Waals surface area contributed by atoms with Crippen LogP contribution in [0.2, 0.25) is 0 Å². The predicted octanol–water partition coefficient (Wildman–Crippen LogP) is 2.51. The van der Waals surface area contributed by atoms with Crippen molar-refractivity contribution in [1.82, 2.24) is 20.3 Å². The van der Waals surface area contributed by atoms with Crippen LogP contribution in [0.3, 0.4) is 0 Å². The van der Waals surface area contributed by atoms with Crippen molar-refractivity contribution in [3.8, 4) is 5.69 Å². The van der Waals surface area contributed by atoms with Crippen LogP contribution in [0.25, 0.3) is 5.69 Å². The summed E-state index contributed by atoms with van der Waals surface area (Å²) in [7, 11) is 0. The van der Waals surface area contributed by atoms with Crippen LogP contribution in [0, 0.1) is 6.92 Å². The van der Waals surface area contributed by atoms with Gasteiger partial charge < -0.3 is 14.5 Å². The molecule has 130 valence electrons. The molecule has 25 heavy (non-hydrogen) atoms. The molecular weight excluding hydrogens is 320 g/mol. The molecule has 2 aromatic heterocycles. The van der Waals surface area contributed by atoms with E-state index in [2.05, 4.69) is 15.6 Å². The highest BCUT2D eigenvalue weighted by atomic mass is 16.5. The molecule has 3 aromatic rings. The first-order valence-corrected chi connectivity index (χ1v) is 8.10. The molecule has 0 bridgehead atoms. The Balaban J connectivity index is 1.40. The minimum absolute atomic E-state index is 0.246. The summed E-state index contributed by atoms with van der Waals surface area (Å²) < 4.78 is 12.2. The van der Waals surface area contributed by atoms with Gasteiger partial charge in [-0.05, 0) is 37.6 Å². The minimum Gasteiger partial charge on any atom is -0.467 e. The molecular formula is C18H20N4O3. The number of rotatable bonds is 8. The van der Waals surface area contributed by atoms with Gasteiger partial charge in [0.25, 0.3) is 5.91 Å². The summed E-state index contributed by atoms with van der Waals surface area (Å²) in [5, 5.41) is 10.7. The van der Waals surface area contributed by atoms with Crippen LogP contribution in [0.5, 0.6) is 0 Å². The SMILES string of the molecule is Cc1ccc(-n2cc(C(=O)NCCCOCc3ccco3)nn2)cc1. The number of nitrogens with zero attached hydrogens (tertiary/aromatic N) is 3. The van der Waals surface area contributed by atoms with E-state index in [1.54, 1.807) is 17.1 Å². The van der Waals surface area contributed by atoms with E-state index in [-0.39, 0.29) is 11.6 Å². The number of ether oxygens (including phenoxy) is 1. The van der Waals surface area contributed by atoms with Gasteiger partial charge in [0.05, 0.1) is 18.1 Å². The van der Waals surface area contributed by atoms with Gasteiger partial charge in [-0.2, -0.15) is 0 Å². The third-order valence-electron chi connectivity index (χ3n) is 3.60. The van der Waals surface area contributed by atoms with Crippen molar-refractivity contribution in [2.75, 3.05) is 13.2 Å². The number of carbonyl (C=O) groups is 1.